The van der Waals surface area contributed by atoms with Gasteiger partial charge in [0.25, 0.3) is 0 Å². The van der Waals surface area contributed by atoms with Gasteiger partial charge in [-0.3, -0.25) is 4.90 Å². The van der Waals surface area contributed by atoms with E-state index in [1.165, 1.54) is 44.8 Å². The van der Waals surface area contributed by atoms with Gasteiger partial charge in [0.1, 0.15) is 5.82 Å². The van der Waals surface area contributed by atoms with E-state index in [0.29, 0.717) is 11.4 Å². The van der Waals surface area contributed by atoms with Gasteiger partial charge in [-0.1, -0.05) is 12.1 Å². The molecule has 0 atom stereocenters. The van der Waals surface area contributed by atoms with Gasteiger partial charge in [-0.15, -0.1) is 0 Å². The maximum atomic E-state index is 13.8. The predicted molar refractivity (Wildman–Crippen MR) is 96.5 cm³/mol. The topological polar surface area (TPSA) is 32.3 Å². The van der Waals surface area contributed by atoms with E-state index in [0.717, 1.165) is 31.2 Å². The van der Waals surface area contributed by atoms with Crippen LogP contribution in [0.2, 0.25) is 0 Å². The number of hydrogen-bond donors (Lipinski definition) is 0. The summed E-state index contributed by atoms with van der Waals surface area (Å²) in [7, 11) is 0. The summed E-state index contributed by atoms with van der Waals surface area (Å²) >= 11 is 0. The Bertz CT molecular complexity index is 689. The third-order valence-corrected chi connectivity index (χ3v) is 5.44. The van der Waals surface area contributed by atoms with Crippen LogP contribution in [-0.2, 0) is 6.54 Å². The van der Waals surface area contributed by atoms with E-state index in [1.54, 1.807) is 18.2 Å². The maximum Gasteiger partial charge on any atom is 0.162 e. The number of benzene rings is 1. The van der Waals surface area contributed by atoms with E-state index >= 15 is 0 Å². The van der Waals surface area contributed by atoms with E-state index in [4.69, 9.17) is 0 Å². The lowest BCUT2D eigenvalue weighted by atomic mass is 10.0. The largest absolute Gasteiger partial charge is 0.300 e. The molecule has 0 radical (unpaired) electrons. The van der Waals surface area contributed by atoms with Crippen molar-refractivity contribution in [2.45, 2.75) is 38.3 Å². The average Bonchev–Trinajstić information content (AvgIpc) is 3.18. The molecule has 0 unspecified atom stereocenters. The number of nitrogens with zero attached hydrogens (tertiary/aromatic N) is 4. The smallest absolute Gasteiger partial charge is 0.162 e. The van der Waals surface area contributed by atoms with Crippen molar-refractivity contribution in [2.24, 2.45) is 0 Å². The lowest BCUT2D eigenvalue weighted by molar-refractivity contribution is 0.122. The van der Waals surface area contributed by atoms with Crippen molar-refractivity contribution in [3.05, 3.63) is 48.0 Å². The van der Waals surface area contributed by atoms with Crippen molar-refractivity contribution in [1.82, 2.24) is 19.8 Å². The van der Waals surface area contributed by atoms with Gasteiger partial charge in [-0.05, 0) is 64.0 Å². The third-order valence-electron chi connectivity index (χ3n) is 5.44. The van der Waals surface area contributed by atoms with Crippen LogP contribution in [0.4, 0.5) is 4.39 Å². The number of halogens is 1. The van der Waals surface area contributed by atoms with Crippen LogP contribution in [0.1, 0.15) is 31.2 Å². The van der Waals surface area contributed by atoms with Gasteiger partial charge in [0.15, 0.2) is 5.82 Å². The first-order valence-corrected chi connectivity index (χ1v) is 9.32. The molecule has 0 saturated carbocycles. The molecule has 25 heavy (non-hydrogen) atoms. The summed E-state index contributed by atoms with van der Waals surface area (Å²) in [6.07, 6.45) is 8.92. The van der Waals surface area contributed by atoms with E-state index < -0.39 is 0 Å². The van der Waals surface area contributed by atoms with E-state index in [9.17, 15) is 4.39 Å². The fraction of sp³-hybridized carbons (Fsp3) is 0.500. The minimum atomic E-state index is -0.278. The third kappa shape index (κ3) is 3.88. The van der Waals surface area contributed by atoms with Crippen molar-refractivity contribution in [2.75, 3.05) is 26.2 Å². The molecule has 2 aliphatic heterocycles. The summed E-state index contributed by atoms with van der Waals surface area (Å²) < 4.78 is 13.8. The Labute approximate surface area is 148 Å². The molecule has 0 bridgehead atoms. The molecule has 5 heteroatoms. The molecule has 1 aromatic heterocycles. The Kier molecular flexibility index (Phi) is 5.04. The molecule has 1 aromatic carbocycles. The highest BCUT2D eigenvalue weighted by molar-refractivity contribution is 5.55. The monoisotopic (exact) mass is 340 g/mol. The van der Waals surface area contributed by atoms with Crippen LogP contribution in [0.3, 0.4) is 0 Å². The number of rotatable bonds is 4. The number of piperidine rings is 1. The summed E-state index contributed by atoms with van der Waals surface area (Å²) in [6.45, 7) is 5.72. The van der Waals surface area contributed by atoms with Crippen LogP contribution >= 0.6 is 0 Å². The molecule has 2 aliphatic rings. The fourth-order valence-corrected chi connectivity index (χ4v) is 4.03. The van der Waals surface area contributed by atoms with Crippen LogP contribution in [0.25, 0.3) is 11.4 Å². The van der Waals surface area contributed by atoms with Crippen LogP contribution in [0.15, 0.2) is 36.7 Å². The predicted octanol–water partition coefficient (Wildman–Crippen LogP) is 3.34. The molecule has 2 saturated heterocycles. The SMILES string of the molecule is Fc1ccccc1-c1ncc(CN2CCC(N3CCCC3)CC2)cn1. The van der Waals surface area contributed by atoms with Crippen molar-refractivity contribution in [1.29, 1.82) is 0 Å². The molecule has 2 aromatic rings. The second kappa shape index (κ2) is 7.58. The summed E-state index contributed by atoms with van der Waals surface area (Å²) in [6, 6.07) is 7.42. The zero-order valence-electron chi connectivity index (χ0n) is 14.6. The highest BCUT2D eigenvalue weighted by Gasteiger charge is 2.26. The minimum Gasteiger partial charge on any atom is -0.300 e. The second-order valence-corrected chi connectivity index (χ2v) is 7.15. The molecule has 0 aliphatic carbocycles. The highest BCUT2D eigenvalue weighted by Crippen LogP contribution is 2.22. The second-order valence-electron chi connectivity index (χ2n) is 7.15. The van der Waals surface area contributed by atoms with E-state index in [1.807, 2.05) is 12.4 Å². The first-order valence-electron chi connectivity index (χ1n) is 9.32. The molecule has 132 valence electrons. The van der Waals surface area contributed by atoms with Crippen molar-refractivity contribution in [3.63, 3.8) is 0 Å². The first kappa shape index (κ1) is 16.6. The fourth-order valence-electron chi connectivity index (χ4n) is 4.03. The molecule has 0 spiro atoms. The number of likely N-dealkylation sites (tertiary alicyclic amines) is 2. The molecular formula is C20H25FN4. The van der Waals surface area contributed by atoms with Crippen molar-refractivity contribution >= 4 is 0 Å². The summed E-state index contributed by atoms with van der Waals surface area (Å²) in [5, 5.41) is 0. The summed E-state index contributed by atoms with van der Waals surface area (Å²) in [5.74, 6) is 0.175. The molecule has 0 amide bonds. The molecule has 4 nitrogen and oxygen atoms in total. The number of hydrogen-bond acceptors (Lipinski definition) is 4. The van der Waals surface area contributed by atoms with Crippen molar-refractivity contribution in [3.8, 4) is 11.4 Å². The first-order chi connectivity index (χ1) is 12.3. The van der Waals surface area contributed by atoms with Gasteiger partial charge in [0.2, 0.25) is 0 Å². The van der Waals surface area contributed by atoms with Gasteiger partial charge in [0.05, 0.1) is 5.56 Å². The van der Waals surface area contributed by atoms with Crippen LogP contribution in [0.5, 0.6) is 0 Å². The molecule has 3 heterocycles. The van der Waals surface area contributed by atoms with E-state index in [-0.39, 0.29) is 5.82 Å². The zero-order chi connectivity index (χ0) is 17.1. The Hall–Kier alpha value is -1.85. The minimum absolute atomic E-state index is 0.278. The molecule has 4 rings (SSSR count). The Morgan fingerprint density at radius 1 is 0.960 bits per heavy atom. The Morgan fingerprint density at radius 2 is 1.64 bits per heavy atom. The molecule has 2 fully saturated rings. The quantitative estimate of drug-likeness (QED) is 0.854. The maximum absolute atomic E-state index is 13.8. The van der Waals surface area contributed by atoms with Gasteiger partial charge in [-0.25, -0.2) is 14.4 Å². The summed E-state index contributed by atoms with van der Waals surface area (Å²) in [5.41, 5.74) is 1.56. The van der Waals surface area contributed by atoms with Crippen LogP contribution < -0.4 is 0 Å². The molecular weight excluding hydrogens is 315 g/mol. The molecule has 0 N–H and O–H groups in total. The van der Waals surface area contributed by atoms with Gasteiger partial charge in [-0.2, -0.15) is 0 Å². The van der Waals surface area contributed by atoms with Crippen LogP contribution in [0, 0.1) is 5.82 Å². The lowest BCUT2D eigenvalue weighted by Crippen LogP contribution is -2.43. The lowest BCUT2D eigenvalue weighted by Gasteiger charge is -2.36. The summed E-state index contributed by atoms with van der Waals surface area (Å²) in [4.78, 5) is 13.9. The highest BCUT2D eigenvalue weighted by atomic mass is 19.1. The Morgan fingerprint density at radius 3 is 2.32 bits per heavy atom. The standard InChI is InChI=1S/C20H25FN4/c21-19-6-2-1-5-18(19)20-22-13-16(14-23-20)15-24-11-7-17(8-12-24)25-9-3-4-10-25/h1-2,5-6,13-14,17H,3-4,7-12,15H2. The van der Waals surface area contributed by atoms with Crippen LogP contribution in [-0.4, -0.2) is 52.0 Å². The van der Waals surface area contributed by atoms with Crippen molar-refractivity contribution < 1.29 is 4.39 Å². The average molecular weight is 340 g/mol. The van der Waals surface area contributed by atoms with Gasteiger partial charge >= 0.3 is 0 Å². The van der Waals surface area contributed by atoms with Gasteiger partial charge in [0, 0.05) is 30.5 Å². The van der Waals surface area contributed by atoms with Gasteiger partial charge < -0.3 is 4.90 Å². The van der Waals surface area contributed by atoms with E-state index in [2.05, 4.69) is 19.8 Å². The Balaban J connectivity index is 1.34. The number of aromatic nitrogens is 2. The normalized spacial score (nSPS) is 20.2. The zero-order valence-corrected chi connectivity index (χ0v) is 14.6.